The molecule has 0 spiro atoms. The van der Waals surface area contributed by atoms with Crippen LogP contribution in [-0.4, -0.2) is 17.6 Å². The van der Waals surface area contributed by atoms with Crippen molar-refractivity contribution in [2.75, 3.05) is 6.54 Å². The summed E-state index contributed by atoms with van der Waals surface area (Å²) in [7, 11) is 0. The van der Waals surface area contributed by atoms with Crippen LogP contribution in [0.2, 0.25) is 0 Å². The van der Waals surface area contributed by atoms with Gasteiger partial charge in [0.25, 0.3) is 0 Å². The van der Waals surface area contributed by atoms with Gasteiger partial charge in [-0.15, -0.1) is 0 Å². The third kappa shape index (κ3) is 4.09. The van der Waals surface area contributed by atoms with Crippen LogP contribution in [0.1, 0.15) is 19.1 Å². The third-order valence-corrected chi connectivity index (χ3v) is 1.90. The van der Waals surface area contributed by atoms with Crippen LogP contribution in [0.3, 0.4) is 0 Å². The van der Waals surface area contributed by atoms with E-state index in [0.29, 0.717) is 13.1 Å². The molecule has 0 aromatic carbocycles. The van der Waals surface area contributed by atoms with E-state index < -0.39 is 5.97 Å². The van der Waals surface area contributed by atoms with Gasteiger partial charge in [-0.1, -0.05) is 6.92 Å². The van der Waals surface area contributed by atoms with E-state index in [0.717, 1.165) is 5.76 Å². The zero-order valence-corrected chi connectivity index (χ0v) is 8.19. The number of rotatable bonds is 6. The molecule has 0 bridgehead atoms. The Labute approximate surface area is 82.9 Å². The van der Waals surface area contributed by atoms with Gasteiger partial charge >= 0.3 is 5.97 Å². The quantitative estimate of drug-likeness (QED) is 0.725. The highest BCUT2D eigenvalue weighted by Crippen LogP contribution is 2.02. The van der Waals surface area contributed by atoms with Gasteiger partial charge in [0.15, 0.2) is 0 Å². The number of carbonyl (C=O) groups is 1. The van der Waals surface area contributed by atoms with Crippen LogP contribution in [0.15, 0.2) is 22.8 Å². The Morgan fingerprint density at radius 3 is 3.07 bits per heavy atom. The summed E-state index contributed by atoms with van der Waals surface area (Å²) in [5.41, 5.74) is 0. The molecule has 0 saturated heterocycles. The molecule has 1 aromatic heterocycles. The van der Waals surface area contributed by atoms with Crippen molar-refractivity contribution in [3.8, 4) is 0 Å². The first-order valence-electron chi connectivity index (χ1n) is 4.63. The Morgan fingerprint density at radius 1 is 1.71 bits per heavy atom. The first-order chi connectivity index (χ1) is 6.68. The van der Waals surface area contributed by atoms with Gasteiger partial charge in [0.2, 0.25) is 0 Å². The highest BCUT2D eigenvalue weighted by atomic mass is 16.4. The molecule has 1 heterocycles. The minimum Gasteiger partial charge on any atom is -0.481 e. The van der Waals surface area contributed by atoms with Gasteiger partial charge in [0, 0.05) is 6.42 Å². The Bertz CT molecular complexity index is 269. The largest absolute Gasteiger partial charge is 0.481 e. The maximum Gasteiger partial charge on any atom is 0.303 e. The average Bonchev–Trinajstić information content (AvgIpc) is 2.55. The summed E-state index contributed by atoms with van der Waals surface area (Å²) in [5.74, 6) is 0.257. The average molecular weight is 197 g/mol. The molecule has 0 saturated carbocycles. The van der Waals surface area contributed by atoms with E-state index in [1.165, 1.54) is 0 Å². The van der Waals surface area contributed by atoms with Gasteiger partial charge in [-0.05, 0) is 24.6 Å². The summed E-state index contributed by atoms with van der Waals surface area (Å²) >= 11 is 0. The van der Waals surface area contributed by atoms with Crippen LogP contribution in [0.5, 0.6) is 0 Å². The molecule has 1 rings (SSSR count). The fourth-order valence-corrected chi connectivity index (χ4v) is 1.23. The number of furan rings is 1. The van der Waals surface area contributed by atoms with Crippen LogP contribution < -0.4 is 5.32 Å². The highest BCUT2D eigenvalue weighted by Gasteiger charge is 2.06. The lowest BCUT2D eigenvalue weighted by molar-refractivity contribution is -0.137. The minimum atomic E-state index is -0.753. The number of nitrogens with one attached hydrogen (secondary N) is 1. The number of hydrogen-bond acceptors (Lipinski definition) is 3. The molecule has 0 aliphatic heterocycles. The van der Waals surface area contributed by atoms with Gasteiger partial charge < -0.3 is 14.8 Å². The summed E-state index contributed by atoms with van der Waals surface area (Å²) in [4.78, 5) is 10.4. The van der Waals surface area contributed by atoms with E-state index >= 15 is 0 Å². The predicted molar refractivity (Wildman–Crippen MR) is 51.8 cm³/mol. The molecule has 1 unspecified atom stereocenters. The maximum absolute atomic E-state index is 10.4. The lowest BCUT2D eigenvalue weighted by Gasteiger charge is -2.08. The second-order valence-electron chi connectivity index (χ2n) is 3.41. The Kier molecular flexibility index (Phi) is 4.19. The van der Waals surface area contributed by atoms with Crippen molar-refractivity contribution in [3.05, 3.63) is 24.2 Å². The van der Waals surface area contributed by atoms with Crippen LogP contribution in [0.25, 0.3) is 0 Å². The molecule has 0 aliphatic carbocycles. The van der Waals surface area contributed by atoms with Crippen LogP contribution in [-0.2, 0) is 11.3 Å². The molecule has 4 nitrogen and oxygen atoms in total. The van der Waals surface area contributed by atoms with E-state index in [-0.39, 0.29) is 12.3 Å². The lowest BCUT2D eigenvalue weighted by Crippen LogP contribution is -2.22. The Balaban J connectivity index is 2.12. The van der Waals surface area contributed by atoms with Crippen molar-refractivity contribution in [2.24, 2.45) is 5.92 Å². The highest BCUT2D eigenvalue weighted by molar-refractivity contribution is 5.66. The molecular weight excluding hydrogens is 182 g/mol. The first kappa shape index (κ1) is 10.8. The monoisotopic (exact) mass is 197 g/mol. The zero-order valence-electron chi connectivity index (χ0n) is 8.19. The summed E-state index contributed by atoms with van der Waals surface area (Å²) in [6, 6.07) is 3.71. The second-order valence-corrected chi connectivity index (χ2v) is 3.41. The molecule has 0 radical (unpaired) electrons. The molecule has 0 aliphatic rings. The van der Waals surface area contributed by atoms with Crippen LogP contribution in [0.4, 0.5) is 0 Å². The number of carboxylic acids is 1. The topological polar surface area (TPSA) is 62.5 Å². The van der Waals surface area contributed by atoms with Gasteiger partial charge in [0.05, 0.1) is 12.8 Å². The number of carboxylic acid groups (broad SMARTS) is 1. The number of hydrogen-bond donors (Lipinski definition) is 2. The molecule has 1 aromatic rings. The zero-order chi connectivity index (χ0) is 10.4. The molecule has 2 N–H and O–H groups in total. The SMILES string of the molecule is CC(CNCc1ccco1)CC(=O)O. The van der Waals surface area contributed by atoms with E-state index in [9.17, 15) is 4.79 Å². The van der Waals surface area contributed by atoms with E-state index in [1.807, 2.05) is 19.1 Å². The number of aliphatic carboxylic acids is 1. The third-order valence-electron chi connectivity index (χ3n) is 1.90. The molecule has 4 heteroatoms. The molecular formula is C10H15NO3. The fourth-order valence-electron chi connectivity index (χ4n) is 1.23. The smallest absolute Gasteiger partial charge is 0.303 e. The standard InChI is InChI=1S/C10H15NO3/c1-8(5-10(12)13)6-11-7-9-3-2-4-14-9/h2-4,8,11H,5-7H2,1H3,(H,12,13). The second kappa shape index (κ2) is 5.44. The van der Waals surface area contributed by atoms with Gasteiger partial charge in [0.1, 0.15) is 5.76 Å². The predicted octanol–water partition coefficient (Wildman–Crippen LogP) is 1.48. The molecule has 0 amide bonds. The Morgan fingerprint density at radius 2 is 2.50 bits per heavy atom. The molecule has 78 valence electrons. The van der Waals surface area contributed by atoms with Crippen molar-refractivity contribution in [1.82, 2.24) is 5.32 Å². The molecule has 14 heavy (non-hydrogen) atoms. The van der Waals surface area contributed by atoms with Gasteiger partial charge in [-0.3, -0.25) is 4.79 Å². The van der Waals surface area contributed by atoms with Crippen molar-refractivity contribution in [1.29, 1.82) is 0 Å². The van der Waals surface area contributed by atoms with Crippen molar-refractivity contribution < 1.29 is 14.3 Å². The first-order valence-corrected chi connectivity index (χ1v) is 4.63. The minimum absolute atomic E-state index is 0.141. The van der Waals surface area contributed by atoms with Crippen molar-refractivity contribution in [3.63, 3.8) is 0 Å². The Hall–Kier alpha value is -1.29. The van der Waals surface area contributed by atoms with Gasteiger partial charge in [-0.25, -0.2) is 0 Å². The van der Waals surface area contributed by atoms with Gasteiger partial charge in [-0.2, -0.15) is 0 Å². The normalized spacial score (nSPS) is 12.6. The van der Waals surface area contributed by atoms with Crippen LogP contribution in [0, 0.1) is 5.92 Å². The van der Waals surface area contributed by atoms with Crippen molar-refractivity contribution in [2.45, 2.75) is 19.9 Å². The summed E-state index contributed by atoms with van der Waals surface area (Å²) in [6.07, 6.45) is 1.82. The van der Waals surface area contributed by atoms with E-state index in [1.54, 1.807) is 6.26 Å². The summed E-state index contributed by atoms with van der Waals surface area (Å²) in [6.45, 7) is 3.24. The van der Waals surface area contributed by atoms with E-state index in [4.69, 9.17) is 9.52 Å². The summed E-state index contributed by atoms with van der Waals surface area (Å²) < 4.78 is 5.12. The lowest BCUT2D eigenvalue weighted by atomic mass is 10.1. The van der Waals surface area contributed by atoms with Crippen LogP contribution >= 0.6 is 0 Å². The summed E-state index contributed by atoms with van der Waals surface area (Å²) in [5, 5.41) is 11.7. The molecule has 1 atom stereocenters. The van der Waals surface area contributed by atoms with Crippen molar-refractivity contribution >= 4 is 5.97 Å². The van der Waals surface area contributed by atoms with E-state index in [2.05, 4.69) is 5.32 Å². The maximum atomic E-state index is 10.4. The fraction of sp³-hybridized carbons (Fsp3) is 0.500. The molecule has 0 fully saturated rings.